The second-order valence-corrected chi connectivity index (χ2v) is 6.51. The zero-order chi connectivity index (χ0) is 20.1. The third-order valence-corrected chi connectivity index (χ3v) is 4.41. The smallest absolute Gasteiger partial charge is 0.416 e. The van der Waals surface area contributed by atoms with Crippen molar-refractivity contribution in [3.8, 4) is 17.2 Å². The molecule has 7 heteroatoms. The van der Waals surface area contributed by atoms with Crippen LogP contribution in [0.3, 0.4) is 0 Å². The molecule has 0 saturated carbocycles. The van der Waals surface area contributed by atoms with Gasteiger partial charge in [-0.2, -0.15) is 13.2 Å². The van der Waals surface area contributed by atoms with Gasteiger partial charge in [0.05, 0.1) is 18.4 Å². The zero-order valence-electron chi connectivity index (χ0n) is 15.3. The van der Waals surface area contributed by atoms with Crippen LogP contribution in [0.25, 0.3) is 0 Å². The second kappa shape index (κ2) is 8.37. The Bertz CT molecular complexity index is 877. The molecular weight excluding hydrogens is 371 g/mol. The van der Waals surface area contributed by atoms with Gasteiger partial charge < -0.3 is 14.8 Å². The molecule has 3 rings (SSSR count). The maximum Gasteiger partial charge on any atom is 0.416 e. The molecular formula is C21H20F3NO3. The molecule has 2 aromatic rings. The van der Waals surface area contributed by atoms with Gasteiger partial charge in [0, 0.05) is 12.5 Å². The predicted molar refractivity (Wildman–Crippen MR) is 99.6 cm³/mol. The Kier molecular flexibility index (Phi) is 5.92. The summed E-state index contributed by atoms with van der Waals surface area (Å²) in [5.41, 5.74) is -0.883. The summed E-state index contributed by atoms with van der Waals surface area (Å²) in [6.45, 7) is 0. The van der Waals surface area contributed by atoms with Crippen LogP contribution in [0, 0.1) is 5.92 Å². The minimum atomic E-state index is -4.53. The molecule has 1 N–H and O–H groups in total. The fourth-order valence-corrected chi connectivity index (χ4v) is 2.99. The van der Waals surface area contributed by atoms with Crippen LogP contribution in [0.4, 0.5) is 18.9 Å². The second-order valence-electron chi connectivity index (χ2n) is 6.51. The first-order valence-electron chi connectivity index (χ1n) is 8.85. The van der Waals surface area contributed by atoms with Crippen LogP contribution in [0.1, 0.15) is 24.8 Å². The Morgan fingerprint density at radius 2 is 1.96 bits per heavy atom. The zero-order valence-corrected chi connectivity index (χ0v) is 15.3. The van der Waals surface area contributed by atoms with Crippen molar-refractivity contribution in [2.45, 2.75) is 25.4 Å². The van der Waals surface area contributed by atoms with Crippen LogP contribution in [-0.2, 0) is 11.0 Å². The van der Waals surface area contributed by atoms with Crippen molar-refractivity contribution < 1.29 is 27.4 Å². The highest BCUT2D eigenvalue weighted by molar-refractivity contribution is 5.92. The molecule has 28 heavy (non-hydrogen) atoms. The monoisotopic (exact) mass is 391 g/mol. The van der Waals surface area contributed by atoms with E-state index in [-0.39, 0.29) is 29.7 Å². The summed E-state index contributed by atoms with van der Waals surface area (Å²) in [5.74, 6) is 0.799. The molecule has 4 nitrogen and oxygen atoms in total. The van der Waals surface area contributed by atoms with E-state index in [0.717, 1.165) is 25.0 Å². The molecule has 1 aliphatic rings. The third kappa shape index (κ3) is 5.06. The molecule has 1 amide bonds. The lowest BCUT2D eigenvalue weighted by Gasteiger charge is -2.16. The lowest BCUT2D eigenvalue weighted by molar-refractivity contribution is -0.137. The normalized spacial score (nSPS) is 16.1. The van der Waals surface area contributed by atoms with E-state index in [1.807, 2.05) is 12.2 Å². The van der Waals surface area contributed by atoms with Crippen molar-refractivity contribution >= 4 is 11.6 Å². The molecule has 0 aliphatic heterocycles. The Balaban J connectivity index is 1.85. The van der Waals surface area contributed by atoms with Gasteiger partial charge in [0.2, 0.25) is 5.91 Å². The molecule has 0 aromatic heterocycles. The van der Waals surface area contributed by atoms with Crippen molar-refractivity contribution in [1.82, 2.24) is 0 Å². The van der Waals surface area contributed by atoms with Crippen molar-refractivity contribution in [3.05, 3.63) is 60.2 Å². The highest BCUT2D eigenvalue weighted by atomic mass is 19.4. The van der Waals surface area contributed by atoms with Gasteiger partial charge >= 0.3 is 6.18 Å². The maximum atomic E-state index is 13.1. The number of nitrogens with one attached hydrogen (secondary N) is 1. The van der Waals surface area contributed by atoms with E-state index >= 15 is 0 Å². The molecule has 0 spiro atoms. The van der Waals surface area contributed by atoms with Gasteiger partial charge in [-0.3, -0.25) is 4.79 Å². The molecule has 0 radical (unpaired) electrons. The number of carbonyl (C=O) groups excluding carboxylic acids is 1. The van der Waals surface area contributed by atoms with E-state index in [2.05, 4.69) is 5.32 Å². The highest BCUT2D eigenvalue weighted by Gasteiger charge is 2.31. The topological polar surface area (TPSA) is 47.6 Å². The van der Waals surface area contributed by atoms with Gasteiger partial charge in [-0.1, -0.05) is 18.2 Å². The predicted octanol–water partition coefficient (Wildman–Crippen LogP) is 5.80. The van der Waals surface area contributed by atoms with Gasteiger partial charge in [-0.25, -0.2) is 0 Å². The molecule has 148 valence electrons. The molecule has 1 unspecified atom stereocenters. The molecule has 0 heterocycles. The average molecular weight is 391 g/mol. The SMILES string of the molecule is COc1cccc(Oc2ccc(C(F)(F)F)cc2NC(=O)CC2C=CCC2)c1. The van der Waals surface area contributed by atoms with Gasteiger partial charge in [-0.05, 0) is 49.1 Å². The number of benzene rings is 2. The number of anilines is 1. The standard InChI is InChI=1S/C21H20F3NO3/c1-27-16-7-4-8-17(13-16)28-19-10-9-15(21(22,23)24)12-18(19)25-20(26)11-14-5-2-3-6-14/h2,4-5,7-10,12-14H,3,6,11H2,1H3,(H,25,26). The third-order valence-electron chi connectivity index (χ3n) is 4.41. The number of allylic oxidation sites excluding steroid dienone is 2. The van der Waals surface area contributed by atoms with Crippen LogP contribution in [-0.4, -0.2) is 13.0 Å². The molecule has 0 bridgehead atoms. The summed E-state index contributed by atoms with van der Waals surface area (Å²) in [7, 11) is 1.50. The first kappa shape index (κ1) is 19.8. The molecule has 1 aliphatic carbocycles. The summed E-state index contributed by atoms with van der Waals surface area (Å²) in [5, 5.41) is 2.57. The van der Waals surface area contributed by atoms with Gasteiger partial charge in [-0.15, -0.1) is 0 Å². The molecule has 1 atom stereocenters. The Hall–Kier alpha value is -2.96. The minimum absolute atomic E-state index is 0.0235. The van der Waals surface area contributed by atoms with Crippen LogP contribution in [0.5, 0.6) is 17.2 Å². The van der Waals surface area contributed by atoms with E-state index < -0.39 is 11.7 Å². The summed E-state index contributed by atoms with van der Waals surface area (Å²) >= 11 is 0. The van der Waals surface area contributed by atoms with Crippen molar-refractivity contribution in [2.75, 3.05) is 12.4 Å². The number of amides is 1. The van der Waals surface area contributed by atoms with E-state index in [1.54, 1.807) is 24.3 Å². The van der Waals surface area contributed by atoms with E-state index in [4.69, 9.17) is 9.47 Å². The molecule has 2 aromatic carbocycles. The van der Waals surface area contributed by atoms with Crippen molar-refractivity contribution in [1.29, 1.82) is 0 Å². The van der Waals surface area contributed by atoms with Gasteiger partial charge in [0.25, 0.3) is 0 Å². The first-order valence-corrected chi connectivity index (χ1v) is 8.85. The Labute approximate surface area is 161 Å². The van der Waals surface area contributed by atoms with E-state index in [0.29, 0.717) is 11.5 Å². The van der Waals surface area contributed by atoms with Crippen LogP contribution < -0.4 is 14.8 Å². The van der Waals surface area contributed by atoms with Crippen LogP contribution >= 0.6 is 0 Å². The molecule has 0 fully saturated rings. The maximum absolute atomic E-state index is 13.1. The van der Waals surface area contributed by atoms with Crippen LogP contribution in [0.2, 0.25) is 0 Å². The summed E-state index contributed by atoms with van der Waals surface area (Å²) in [4.78, 5) is 12.3. The van der Waals surface area contributed by atoms with Crippen LogP contribution in [0.15, 0.2) is 54.6 Å². The van der Waals surface area contributed by atoms with Gasteiger partial charge in [0.15, 0.2) is 5.75 Å². The highest BCUT2D eigenvalue weighted by Crippen LogP contribution is 2.37. The van der Waals surface area contributed by atoms with Crippen molar-refractivity contribution in [3.63, 3.8) is 0 Å². The quantitative estimate of drug-likeness (QED) is 0.633. The number of carbonyl (C=O) groups is 1. The summed E-state index contributed by atoms with van der Waals surface area (Å²) in [6.07, 6.45) is 1.42. The molecule has 0 saturated heterocycles. The number of hydrogen-bond donors (Lipinski definition) is 1. The number of alkyl halides is 3. The Morgan fingerprint density at radius 3 is 2.64 bits per heavy atom. The average Bonchev–Trinajstić information content (AvgIpc) is 3.15. The lowest BCUT2D eigenvalue weighted by Crippen LogP contribution is -2.16. The number of hydrogen-bond acceptors (Lipinski definition) is 3. The van der Waals surface area contributed by atoms with Gasteiger partial charge in [0.1, 0.15) is 11.5 Å². The van der Waals surface area contributed by atoms with E-state index in [1.165, 1.54) is 13.2 Å². The minimum Gasteiger partial charge on any atom is -0.497 e. The number of rotatable bonds is 6. The number of methoxy groups -OCH3 is 1. The first-order chi connectivity index (χ1) is 13.3. The fraction of sp³-hybridized carbons (Fsp3) is 0.286. The largest absolute Gasteiger partial charge is 0.497 e. The fourth-order valence-electron chi connectivity index (χ4n) is 2.99. The summed E-state index contributed by atoms with van der Waals surface area (Å²) < 4.78 is 50.2. The van der Waals surface area contributed by atoms with Crippen molar-refractivity contribution in [2.24, 2.45) is 5.92 Å². The van der Waals surface area contributed by atoms with E-state index in [9.17, 15) is 18.0 Å². The lowest BCUT2D eigenvalue weighted by atomic mass is 10.0. The number of halogens is 3. The Morgan fingerprint density at radius 1 is 1.18 bits per heavy atom. The summed E-state index contributed by atoms with van der Waals surface area (Å²) in [6, 6.07) is 9.68. The number of ether oxygens (including phenoxy) is 2.